The summed E-state index contributed by atoms with van der Waals surface area (Å²) in [4.78, 5) is 5.00. The minimum atomic E-state index is -3.84. The summed E-state index contributed by atoms with van der Waals surface area (Å²) in [7, 11) is -7.20. The second kappa shape index (κ2) is 11.0. The fourth-order valence-corrected chi connectivity index (χ4v) is 5.70. The van der Waals surface area contributed by atoms with Crippen LogP contribution in [0.1, 0.15) is 17.0 Å². The Hall–Kier alpha value is -4.13. The van der Waals surface area contributed by atoms with Crippen LogP contribution in [0.5, 0.6) is 5.75 Å². The summed E-state index contributed by atoms with van der Waals surface area (Å²) < 4.78 is 80.0. The summed E-state index contributed by atoms with van der Waals surface area (Å²) in [6.07, 6.45) is 1.48. The number of benzene rings is 4. The first-order chi connectivity index (χ1) is 19.4. The number of para-hydroxylation sites is 1. The van der Waals surface area contributed by atoms with Crippen molar-refractivity contribution in [3.8, 4) is 16.9 Å². The van der Waals surface area contributed by atoms with Crippen molar-refractivity contribution in [2.45, 2.75) is 29.4 Å². The number of ether oxygens (including phenoxy) is 1. The van der Waals surface area contributed by atoms with E-state index in [2.05, 4.69) is 0 Å². The van der Waals surface area contributed by atoms with Gasteiger partial charge in [0.1, 0.15) is 11.6 Å². The van der Waals surface area contributed by atoms with E-state index in [9.17, 15) is 25.6 Å². The Kier molecular flexibility index (Phi) is 7.64. The van der Waals surface area contributed by atoms with Crippen LogP contribution < -0.4 is 9.88 Å². The van der Waals surface area contributed by atoms with Crippen molar-refractivity contribution in [1.82, 2.24) is 9.55 Å². The van der Waals surface area contributed by atoms with E-state index in [1.54, 1.807) is 42.5 Å². The maximum absolute atomic E-state index is 13.1. The van der Waals surface area contributed by atoms with Gasteiger partial charge < -0.3 is 9.30 Å². The van der Waals surface area contributed by atoms with Gasteiger partial charge in [0.2, 0.25) is 10.0 Å². The van der Waals surface area contributed by atoms with Crippen LogP contribution in [0.3, 0.4) is 0 Å². The maximum atomic E-state index is 13.1. The predicted molar refractivity (Wildman–Crippen MR) is 151 cm³/mol. The summed E-state index contributed by atoms with van der Waals surface area (Å²) >= 11 is 0. The van der Waals surface area contributed by atoms with Gasteiger partial charge in [0.15, 0.2) is 9.84 Å². The Morgan fingerprint density at radius 3 is 2.12 bits per heavy atom. The Morgan fingerprint density at radius 1 is 0.854 bits per heavy atom. The highest BCUT2D eigenvalue weighted by Gasteiger charge is 2.17. The molecule has 0 fully saturated rings. The zero-order valence-corrected chi connectivity index (χ0v) is 23.4. The highest BCUT2D eigenvalue weighted by molar-refractivity contribution is 7.90. The molecule has 0 saturated heterocycles. The van der Waals surface area contributed by atoms with E-state index in [0.717, 1.165) is 22.9 Å². The number of alkyl halides is 2. The lowest BCUT2D eigenvalue weighted by Gasteiger charge is -2.14. The molecule has 0 aliphatic rings. The quantitative estimate of drug-likeness (QED) is 0.255. The van der Waals surface area contributed by atoms with Gasteiger partial charge in [-0.15, -0.1) is 0 Å². The number of nitrogens with two attached hydrogens (primary N) is 1. The summed E-state index contributed by atoms with van der Waals surface area (Å²) in [5.41, 5.74) is 4.22. The van der Waals surface area contributed by atoms with Crippen LogP contribution in [0.25, 0.3) is 22.2 Å². The van der Waals surface area contributed by atoms with Crippen molar-refractivity contribution in [3.63, 3.8) is 0 Å². The number of nitrogens with zero attached hydrogens (tertiary/aromatic N) is 2. The standard InChI is InChI=1S/C29H25F2N3O5S2/c1-40(35,36)23-11-6-19(7-12-23)16-28-33-25-15-10-21(20-8-13-24(14-9-20)41(32,37)38)17-26(25)34(28)18-22-4-2-3-5-27(22)39-29(30)31/h2-15,17,29H,16,18H2,1H3,(H2,32,37,38). The second-order valence-electron chi connectivity index (χ2n) is 9.47. The molecule has 5 aromatic rings. The van der Waals surface area contributed by atoms with Gasteiger partial charge in [-0.1, -0.05) is 48.5 Å². The molecule has 0 bridgehead atoms. The van der Waals surface area contributed by atoms with Gasteiger partial charge in [-0.3, -0.25) is 0 Å². The molecule has 0 aliphatic heterocycles. The molecule has 0 saturated carbocycles. The van der Waals surface area contributed by atoms with E-state index in [-0.39, 0.29) is 22.1 Å². The first-order valence-electron chi connectivity index (χ1n) is 12.3. The largest absolute Gasteiger partial charge is 0.434 e. The maximum Gasteiger partial charge on any atom is 0.387 e. The molecule has 4 aromatic carbocycles. The van der Waals surface area contributed by atoms with Gasteiger partial charge in [-0.25, -0.2) is 27.0 Å². The third-order valence-corrected chi connectivity index (χ3v) is 8.63. The molecule has 0 amide bonds. The number of sulfonamides is 1. The molecule has 12 heteroatoms. The van der Waals surface area contributed by atoms with Crippen molar-refractivity contribution < 1.29 is 30.4 Å². The van der Waals surface area contributed by atoms with Gasteiger partial charge >= 0.3 is 6.61 Å². The van der Waals surface area contributed by atoms with Gasteiger partial charge in [0, 0.05) is 18.2 Å². The average molecular weight is 598 g/mol. The van der Waals surface area contributed by atoms with Crippen LogP contribution in [0.2, 0.25) is 0 Å². The van der Waals surface area contributed by atoms with Crippen molar-refractivity contribution in [2.24, 2.45) is 5.14 Å². The normalized spacial score (nSPS) is 12.2. The topological polar surface area (TPSA) is 121 Å². The zero-order valence-electron chi connectivity index (χ0n) is 21.7. The van der Waals surface area contributed by atoms with Crippen molar-refractivity contribution in [1.29, 1.82) is 0 Å². The number of halogens is 2. The van der Waals surface area contributed by atoms with E-state index < -0.39 is 26.5 Å². The molecule has 0 spiro atoms. The molecule has 41 heavy (non-hydrogen) atoms. The van der Waals surface area contributed by atoms with Crippen LogP contribution in [0.15, 0.2) is 101 Å². The van der Waals surface area contributed by atoms with E-state index in [1.807, 2.05) is 22.8 Å². The van der Waals surface area contributed by atoms with Crippen LogP contribution in [-0.2, 0) is 32.8 Å². The summed E-state index contributed by atoms with van der Waals surface area (Å²) in [6, 6.07) is 24.7. The average Bonchev–Trinajstić information content (AvgIpc) is 3.24. The molecule has 1 heterocycles. The Labute approximate surface area is 236 Å². The minimum absolute atomic E-state index is 0.00724. The van der Waals surface area contributed by atoms with Gasteiger partial charge in [-0.2, -0.15) is 8.78 Å². The fourth-order valence-electron chi connectivity index (χ4n) is 4.55. The monoisotopic (exact) mass is 597 g/mol. The molecule has 1 aromatic heterocycles. The van der Waals surface area contributed by atoms with Crippen molar-refractivity contribution >= 4 is 30.9 Å². The third-order valence-electron chi connectivity index (χ3n) is 6.57. The lowest BCUT2D eigenvalue weighted by Crippen LogP contribution is -2.11. The van der Waals surface area contributed by atoms with Crippen molar-refractivity contribution in [2.75, 3.05) is 6.26 Å². The SMILES string of the molecule is CS(=O)(=O)c1ccc(Cc2nc3ccc(-c4ccc(S(N)(=O)=O)cc4)cc3n2Cc2ccccc2OC(F)F)cc1. The number of sulfone groups is 1. The van der Waals surface area contributed by atoms with E-state index in [4.69, 9.17) is 14.9 Å². The highest BCUT2D eigenvalue weighted by atomic mass is 32.2. The van der Waals surface area contributed by atoms with E-state index >= 15 is 0 Å². The molecule has 212 valence electrons. The number of hydrogen-bond acceptors (Lipinski definition) is 6. The number of rotatable bonds is 9. The molecule has 0 unspecified atom stereocenters. The number of fused-ring (bicyclic) bond motifs is 1. The third kappa shape index (κ3) is 6.45. The molecule has 2 N–H and O–H groups in total. The van der Waals surface area contributed by atoms with Crippen LogP contribution in [0, 0.1) is 0 Å². The Balaban J connectivity index is 1.60. The van der Waals surface area contributed by atoms with E-state index in [0.29, 0.717) is 28.8 Å². The smallest absolute Gasteiger partial charge is 0.387 e. The number of imidazole rings is 1. The molecule has 5 rings (SSSR count). The van der Waals surface area contributed by atoms with Gasteiger partial charge in [0.05, 0.1) is 27.4 Å². The van der Waals surface area contributed by atoms with Crippen LogP contribution in [0.4, 0.5) is 8.78 Å². The van der Waals surface area contributed by atoms with E-state index in [1.165, 1.54) is 30.3 Å². The predicted octanol–water partition coefficient (Wildman–Crippen LogP) is 4.99. The van der Waals surface area contributed by atoms with Gasteiger partial charge in [0.25, 0.3) is 0 Å². The number of hydrogen-bond donors (Lipinski definition) is 1. The lowest BCUT2D eigenvalue weighted by atomic mass is 10.1. The molecule has 0 aliphatic carbocycles. The molecule has 0 radical (unpaired) electrons. The lowest BCUT2D eigenvalue weighted by molar-refractivity contribution is -0.0504. The van der Waals surface area contributed by atoms with Crippen LogP contribution >= 0.6 is 0 Å². The molecular formula is C29H25F2N3O5S2. The summed E-state index contributed by atoms with van der Waals surface area (Å²) in [5.74, 6) is 0.670. The summed E-state index contributed by atoms with van der Waals surface area (Å²) in [6.45, 7) is -2.82. The molecule has 8 nitrogen and oxygen atoms in total. The first kappa shape index (κ1) is 28.4. The highest BCUT2D eigenvalue weighted by Crippen LogP contribution is 2.29. The Morgan fingerprint density at radius 2 is 1.49 bits per heavy atom. The number of aromatic nitrogens is 2. The first-order valence-corrected chi connectivity index (χ1v) is 15.8. The molecular weight excluding hydrogens is 572 g/mol. The molecule has 0 atom stereocenters. The van der Waals surface area contributed by atoms with Gasteiger partial charge in [-0.05, 0) is 59.2 Å². The van der Waals surface area contributed by atoms with Crippen molar-refractivity contribution in [3.05, 3.63) is 108 Å². The second-order valence-corrected chi connectivity index (χ2v) is 13.0. The minimum Gasteiger partial charge on any atom is -0.434 e. The van der Waals surface area contributed by atoms with Crippen LogP contribution in [-0.4, -0.2) is 39.3 Å². The summed E-state index contributed by atoms with van der Waals surface area (Å²) in [5, 5.41) is 5.22. The Bertz CT molecular complexity index is 1940. The number of primary sulfonamides is 1. The zero-order chi connectivity index (χ0) is 29.4. The fraction of sp³-hybridized carbons (Fsp3) is 0.138.